The maximum absolute atomic E-state index is 9.43. The Morgan fingerprint density at radius 2 is 1.96 bits per heavy atom. The molecule has 0 spiro atoms. The van der Waals surface area contributed by atoms with Gasteiger partial charge in [0.2, 0.25) is 0 Å². The highest BCUT2D eigenvalue weighted by atomic mass is 35.5. The number of halogens is 1. The molecule has 0 fully saturated rings. The molecule has 0 saturated heterocycles. The molecule has 0 aliphatic rings. The van der Waals surface area contributed by atoms with Crippen molar-refractivity contribution >= 4 is 34.2 Å². The van der Waals surface area contributed by atoms with E-state index in [1.54, 1.807) is 13.2 Å². The number of ether oxygens (including phenoxy) is 1. The summed E-state index contributed by atoms with van der Waals surface area (Å²) in [6, 6.07) is 19.2. The second kappa shape index (κ2) is 6.51. The summed E-state index contributed by atoms with van der Waals surface area (Å²) in [5, 5.41) is 10.7. The Morgan fingerprint density at radius 1 is 1.17 bits per heavy atom. The van der Waals surface area contributed by atoms with Crippen molar-refractivity contribution in [3.8, 4) is 11.8 Å². The van der Waals surface area contributed by atoms with Gasteiger partial charge in [-0.05, 0) is 35.9 Å². The summed E-state index contributed by atoms with van der Waals surface area (Å²) in [5.41, 5.74) is 2.87. The average Bonchev–Trinajstić information content (AvgIpc) is 2.60. The zero-order valence-corrected chi connectivity index (χ0v) is 13.2. The van der Waals surface area contributed by atoms with Gasteiger partial charge in [0.25, 0.3) is 0 Å². The molecule has 3 aromatic rings. The van der Waals surface area contributed by atoms with Crippen LogP contribution in [0.3, 0.4) is 0 Å². The molecule has 23 heavy (non-hydrogen) atoms. The number of nitriles is 1. The van der Waals surface area contributed by atoms with E-state index in [9.17, 15) is 5.26 Å². The van der Waals surface area contributed by atoms with Crippen molar-refractivity contribution in [1.29, 1.82) is 5.26 Å². The first-order chi connectivity index (χ1) is 11.2. The summed E-state index contributed by atoms with van der Waals surface area (Å²) >= 11 is 6.27. The van der Waals surface area contributed by atoms with E-state index in [4.69, 9.17) is 16.3 Å². The first-order valence-corrected chi connectivity index (χ1v) is 7.40. The van der Waals surface area contributed by atoms with Crippen molar-refractivity contribution in [2.75, 3.05) is 7.11 Å². The Morgan fingerprint density at radius 3 is 2.65 bits per heavy atom. The third-order valence-electron chi connectivity index (χ3n) is 3.51. The Hall–Kier alpha value is -2.83. The molecular weight excluding hydrogens is 308 g/mol. The van der Waals surface area contributed by atoms with Crippen molar-refractivity contribution in [3.05, 3.63) is 70.9 Å². The van der Waals surface area contributed by atoms with Crippen molar-refractivity contribution in [2.45, 2.75) is 0 Å². The van der Waals surface area contributed by atoms with Gasteiger partial charge in [0.15, 0.2) is 0 Å². The lowest BCUT2D eigenvalue weighted by atomic mass is 10.0. The molecule has 0 atom stereocenters. The van der Waals surface area contributed by atoms with Crippen LogP contribution in [0.4, 0.5) is 0 Å². The van der Waals surface area contributed by atoms with E-state index in [0.717, 1.165) is 22.2 Å². The predicted molar refractivity (Wildman–Crippen MR) is 93.2 cm³/mol. The lowest BCUT2D eigenvalue weighted by Crippen LogP contribution is -1.88. The minimum Gasteiger partial charge on any atom is -0.497 e. The number of hydrogen-bond acceptors (Lipinski definition) is 3. The molecule has 3 nitrogen and oxygen atoms in total. The van der Waals surface area contributed by atoms with Gasteiger partial charge in [0, 0.05) is 10.9 Å². The van der Waals surface area contributed by atoms with Crippen LogP contribution in [0.15, 0.2) is 54.6 Å². The molecule has 0 N–H and O–H groups in total. The molecule has 1 heterocycles. The van der Waals surface area contributed by atoms with E-state index >= 15 is 0 Å². The van der Waals surface area contributed by atoms with Crippen LogP contribution in [0.1, 0.15) is 11.1 Å². The summed E-state index contributed by atoms with van der Waals surface area (Å²) in [5.74, 6) is 0.750. The Balaban J connectivity index is 2.13. The number of hydrogen-bond donors (Lipinski definition) is 0. The summed E-state index contributed by atoms with van der Waals surface area (Å²) in [7, 11) is 1.62. The molecule has 0 unspecified atom stereocenters. The first-order valence-electron chi connectivity index (χ1n) is 7.03. The second-order valence-electron chi connectivity index (χ2n) is 4.96. The third-order valence-corrected chi connectivity index (χ3v) is 3.81. The number of rotatable bonds is 3. The van der Waals surface area contributed by atoms with E-state index in [2.05, 4.69) is 11.1 Å². The highest BCUT2D eigenvalue weighted by Crippen LogP contribution is 2.27. The van der Waals surface area contributed by atoms with Gasteiger partial charge in [-0.1, -0.05) is 41.9 Å². The number of benzene rings is 2. The SMILES string of the molecule is COc1ccc2nc(Cl)c(/C=C(/C#N)c3ccccc3)cc2c1. The van der Waals surface area contributed by atoms with Crippen LogP contribution in [-0.4, -0.2) is 12.1 Å². The number of pyridine rings is 1. The highest BCUT2D eigenvalue weighted by molar-refractivity contribution is 6.31. The number of aromatic nitrogens is 1. The summed E-state index contributed by atoms with van der Waals surface area (Å²) in [4.78, 5) is 4.39. The average molecular weight is 321 g/mol. The predicted octanol–water partition coefficient (Wildman–Crippen LogP) is 4.96. The monoisotopic (exact) mass is 320 g/mol. The normalized spacial score (nSPS) is 11.3. The molecule has 4 heteroatoms. The van der Waals surface area contributed by atoms with E-state index in [0.29, 0.717) is 16.3 Å². The molecular formula is C19H13ClN2O. The zero-order valence-electron chi connectivity index (χ0n) is 12.5. The second-order valence-corrected chi connectivity index (χ2v) is 5.32. The largest absolute Gasteiger partial charge is 0.497 e. The Bertz CT molecular complexity index is 927. The van der Waals surface area contributed by atoms with Crippen molar-refractivity contribution in [2.24, 2.45) is 0 Å². The Labute approximate surface area is 139 Å². The fourth-order valence-corrected chi connectivity index (χ4v) is 2.53. The fourth-order valence-electron chi connectivity index (χ4n) is 2.33. The van der Waals surface area contributed by atoms with Crippen LogP contribution in [0, 0.1) is 11.3 Å². The zero-order chi connectivity index (χ0) is 16.2. The molecule has 1 aromatic heterocycles. The molecule has 112 valence electrons. The van der Waals surface area contributed by atoms with Crippen LogP contribution >= 0.6 is 11.6 Å². The molecule has 0 saturated carbocycles. The minimum atomic E-state index is 0.367. The number of fused-ring (bicyclic) bond motifs is 1. The summed E-state index contributed by atoms with van der Waals surface area (Å²) in [6.07, 6.45) is 1.75. The van der Waals surface area contributed by atoms with E-state index < -0.39 is 0 Å². The van der Waals surface area contributed by atoms with Crippen LogP contribution in [0.2, 0.25) is 5.15 Å². The standard InChI is InChI=1S/C19H13ClN2O/c1-23-17-7-8-18-14(11-17)9-15(19(20)22-18)10-16(12-21)13-5-3-2-4-6-13/h2-11H,1H3/b16-10-. The maximum Gasteiger partial charge on any atom is 0.137 e. The van der Waals surface area contributed by atoms with Gasteiger partial charge in [-0.3, -0.25) is 0 Å². The molecule has 3 rings (SSSR count). The van der Waals surface area contributed by atoms with E-state index in [1.165, 1.54) is 0 Å². The number of allylic oxidation sites excluding steroid dienone is 1. The molecule has 2 aromatic carbocycles. The lowest BCUT2D eigenvalue weighted by Gasteiger charge is -2.06. The van der Waals surface area contributed by atoms with Crippen LogP contribution in [-0.2, 0) is 0 Å². The number of nitrogens with zero attached hydrogens (tertiary/aromatic N) is 2. The maximum atomic E-state index is 9.43. The quantitative estimate of drug-likeness (QED) is 0.506. The Kier molecular flexibility index (Phi) is 4.27. The van der Waals surface area contributed by atoms with Crippen LogP contribution in [0.5, 0.6) is 5.75 Å². The highest BCUT2D eigenvalue weighted by Gasteiger charge is 2.07. The fraction of sp³-hybridized carbons (Fsp3) is 0.0526. The minimum absolute atomic E-state index is 0.367. The number of methoxy groups -OCH3 is 1. The molecule has 0 radical (unpaired) electrons. The third kappa shape index (κ3) is 3.18. The smallest absolute Gasteiger partial charge is 0.137 e. The van der Waals surface area contributed by atoms with Crippen molar-refractivity contribution in [3.63, 3.8) is 0 Å². The first kappa shape index (κ1) is 15.1. The summed E-state index contributed by atoms with van der Waals surface area (Å²) < 4.78 is 5.24. The van der Waals surface area contributed by atoms with Gasteiger partial charge in [-0.25, -0.2) is 4.98 Å². The van der Waals surface area contributed by atoms with Crippen molar-refractivity contribution in [1.82, 2.24) is 4.98 Å². The topological polar surface area (TPSA) is 45.9 Å². The van der Waals surface area contributed by atoms with Gasteiger partial charge in [0.05, 0.1) is 24.3 Å². The van der Waals surface area contributed by atoms with Gasteiger partial charge >= 0.3 is 0 Å². The van der Waals surface area contributed by atoms with Gasteiger partial charge in [-0.2, -0.15) is 5.26 Å². The van der Waals surface area contributed by atoms with Crippen molar-refractivity contribution < 1.29 is 4.74 Å². The van der Waals surface area contributed by atoms with E-state index in [-0.39, 0.29) is 0 Å². The van der Waals surface area contributed by atoms with Crippen LogP contribution in [0.25, 0.3) is 22.6 Å². The molecule has 0 aliphatic carbocycles. The summed E-state index contributed by atoms with van der Waals surface area (Å²) in [6.45, 7) is 0. The van der Waals surface area contributed by atoms with Crippen LogP contribution < -0.4 is 4.74 Å². The van der Waals surface area contributed by atoms with E-state index in [1.807, 2.05) is 54.6 Å². The molecule has 0 aliphatic heterocycles. The van der Waals surface area contributed by atoms with Gasteiger partial charge < -0.3 is 4.74 Å². The molecule has 0 bridgehead atoms. The van der Waals surface area contributed by atoms with Gasteiger partial charge in [-0.15, -0.1) is 0 Å². The lowest BCUT2D eigenvalue weighted by molar-refractivity contribution is 0.415. The van der Waals surface area contributed by atoms with Gasteiger partial charge in [0.1, 0.15) is 10.9 Å². The molecule has 0 amide bonds.